The van der Waals surface area contributed by atoms with Crippen molar-refractivity contribution in [3.05, 3.63) is 42.6 Å². The Morgan fingerprint density at radius 2 is 1.76 bits per heavy atom. The van der Waals surface area contributed by atoms with Crippen LogP contribution in [0.4, 0.5) is 0 Å². The first-order valence-corrected chi connectivity index (χ1v) is 5.08. The molecule has 84 valence electrons. The van der Waals surface area contributed by atoms with Crippen LogP contribution in [0.1, 0.15) is 0 Å². The van der Waals surface area contributed by atoms with Crippen LogP contribution in [0, 0.1) is 0 Å². The molecule has 3 aromatic rings. The van der Waals surface area contributed by atoms with Crippen molar-refractivity contribution in [2.75, 3.05) is 0 Å². The van der Waals surface area contributed by atoms with Crippen molar-refractivity contribution < 1.29 is 10.2 Å². The lowest BCUT2D eigenvalue weighted by atomic mass is 10.2. The normalized spacial score (nSPS) is 10.8. The highest BCUT2D eigenvalue weighted by molar-refractivity contribution is 5.66. The van der Waals surface area contributed by atoms with Crippen LogP contribution < -0.4 is 0 Å². The maximum absolute atomic E-state index is 9.77. The second kappa shape index (κ2) is 3.48. The van der Waals surface area contributed by atoms with Crippen LogP contribution in [0.5, 0.6) is 11.5 Å². The van der Waals surface area contributed by atoms with Crippen molar-refractivity contribution >= 4 is 5.65 Å². The summed E-state index contributed by atoms with van der Waals surface area (Å²) in [6.07, 6.45) is 1.51. The highest BCUT2D eigenvalue weighted by Gasteiger charge is 2.11. The largest absolute Gasteiger partial charge is 0.507 e. The maximum Gasteiger partial charge on any atom is 0.172 e. The minimum atomic E-state index is 0.119. The van der Waals surface area contributed by atoms with E-state index in [0.717, 1.165) is 0 Å². The molecule has 17 heavy (non-hydrogen) atoms. The molecule has 0 atom stereocenters. The number of pyridine rings is 1. The van der Waals surface area contributed by atoms with E-state index >= 15 is 0 Å². The van der Waals surface area contributed by atoms with Gasteiger partial charge in [-0.15, -0.1) is 10.2 Å². The maximum atomic E-state index is 9.77. The molecule has 0 aliphatic heterocycles. The minimum Gasteiger partial charge on any atom is -0.507 e. The summed E-state index contributed by atoms with van der Waals surface area (Å²) in [4.78, 5) is 0. The molecule has 0 radical (unpaired) electrons. The van der Waals surface area contributed by atoms with Gasteiger partial charge in [0, 0.05) is 0 Å². The molecule has 1 aromatic carbocycles. The molecular weight excluding hydrogens is 218 g/mol. The predicted molar refractivity (Wildman–Crippen MR) is 61.8 cm³/mol. The Bertz CT molecular complexity index is 691. The summed E-state index contributed by atoms with van der Waals surface area (Å²) in [5.74, 6) is 0.744. The first-order valence-electron chi connectivity index (χ1n) is 5.08. The Morgan fingerprint density at radius 1 is 0.941 bits per heavy atom. The van der Waals surface area contributed by atoms with Gasteiger partial charge in [-0.25, -0.2) is 0 Å². The molecular formula is C12H9N3O2. The number of aromatic hydroxyl groups is 2. The summed E-state index contributed by atoms with van der Waals surface area (Å²) in [5, 5.41) is 27.2. The van der Waals surface area contributed by atoms with Gasteiger partial charge < -0.3 is 10.2 Å². The molecule has 2 aromatic heterocycles. The highest BCUT2D eigenvalue weighted by Crippen LogP contribution is 2.27. The van der Waals surface area contributed by atoms with Gasteiger partial charge >= 0.3 is 0 Å². The van der Waals surface area contributed by atoms with Crippen LogP contribution in [0.3, 0.4) is 0 Å². The zero-order valence-electron chi connectivity index (χ0n) is 8.78. The number of nitrogens with zero attached hydrogens (tertiary/aromatic N) is 3. The fraction of sp³-hybridized carbons (Fsp3) is 0. The van der Waals surface area contributed by atoms with Crippen molar-refractivity contribution in [1.82, 2.24) is 14.6 Å². The first kappa shape index (κ1) is 9.65. The lowest BCUT2D eigenvalue weighted by molar-refractivity contribution is 0.471. The highest BCUT2D eigenvalue weighted by atomic mass is 16.3. The van der Waals surface area contributed by atoms with Gasteiger partial charge in [0.15, 0.2) is 11.5 Å². The van der Waals surface area contributed by atoms with Gasteiger partial charge in [0.1, 0.15) is 11.5 Å². The number of phenolic OH excluding ortho intramolecular Hbond substituents is 1. The van der Waals surface area contributed by atoms with E-state index in [0.29, 0.717) is 17.0 Å². The third kappa shape index (κ3) is 1.48. The van der Waals surface area contributed by atoms with Gasteiger partial charge in [-0.1, -0.05) is 12.1 Å². The van der Waals surface area contributed by atoms with E-state index in [1.807, 2.05) is 0 Å². The van der Waals surface area contributed by atoms with E-state index in [9.17, 15) is 10.2 Å². The summed E-state index contributed by atoms with van der Waals surface area (Å²) in [5.41, 5.74) is 1.19. The second-order valence-corrected chi connectivity index (χ2v) is 3.66. The number of hydrogen-bond acceptors (Lipinski definition) is 4. The topological polar surface area (TPSA) is 70.7 Å². The summed E-state index contributed by atoms with van der Waals surface area (Å²) >= 11 is 0. The molecule has 5 nitrogen and oxygen atoms in total. The Hall–Kier alpha value is -2.56. The number of rotatable bonds is 1. The Balaban J connectivity index is 2.31. The number of benzene rings is 1. The molecule has 0 unspecified atom stereocenters. The Labute approximate surface area is 96.6 Å². The molecule has 3 rings (SSSR count). The molecule has 0 bridgehead atoms. The molecule has 0 aliphatic carbocycles. The molecule has 0 spiro atoms. The molecule has 2 heterocycles. The van der Waals surface area contributed by atoms with Crippen LogP contribution in [0.25, 0.3) is 17.0 Å². The zero-order chi connectivity index (χ0) is 11.8. The predicted octanol–water partition coefficient (Wildman–Crippen LogP) is 1.81. The summed E-state index contributed by atoms with van der Waals surface area (Å²) in [6.45, 7) is 0. The molecule has 2 N–H and O–H groups in total. The van der Waals surface area contributed by atoms with Crippen molar-refractivity contribution in [2.45, 2.75) is 0 Å². The van der Waals surface area contributed by atoms with Crippen LogP contribution in [0.2, 0.25) is 0 Å². The number of fused-ring (bicyclic) bond motifs is 1. The smallest absolute Gasteiger partial charge is 0.172 e. The van der Waals surface area contributed by atoms with Gasteiger partial charge in [0.2, 0.25) is 0 Å². The third-order valence-electron chi connectivity index (χ3n) is 2.53. The lowest BCUT2D eigenvalue weighted by Crippen LogP contribution is -1.89. The minimum absolute atomic E-state index is 0.119. The van der Waals surface area contributed by atoms with Crippen molar-refractivity contribution in [1.29, 1.82) is 0 Å². The molecule has 0 saturated heterocycles. The van der Waals surface area contributed by atoms with E-state index in [-0.39, 0.29) is 11.5 Å². The van der Waals surface area contributed by atoms with E-state index in [1.165, 1.54) is 6.20 Å². The van der Waals surface area contributed by atoms with E-state index in [2.05, 4.69) is 10.2 Å². The Kier molecular flexibility index (Phi) is 1.98. The first-order chi connectivity index (χ1) is 8.25. The average molecular weight is 227 g/mol. The van der Waals surface area contributed by atoms with E-state index < -0.39 is 0 Å². The number of para-hydroxylation sites is 1. The van der Waals surface area contributed by atoms with E-state index in [4.69, 9.17) is 0 Å². The van der Waals surface area contributed by atoms with Gasteiger partial charge in [-0.05, 0) is 24.3 Å². The fourth-order valence-corrected chi connectivity index (χ4v) is 1.73. The zero-order valence-corrected chi connectivity index (χ0v) is 8.78. The third-order valence-corrected chi connectivity index (χ3v) is 2.53. The molecule has 0 aliphatic rings. The number of hydrogen-bond donors (Lipinski definition) is 2. The van der Waals surface area contributed by atoms with Gasteiger partial charge in [0.25, 0.3) is 0 Å². The number of phenols is 1. The quantitative estimate of drug-likeness (QED) is 0.665. The molecule has 0 amide bonds. The van der Waals surface area contributed by atoms with Crippen molar-refractivity contribution in [2.24, 2.45) is 0 Å². The van der Waals surface area contributed by atoms with Crippen molar-refractivity contribution in [3.8, 4) is 22.9 Å². The molecule has 0 fully saturated rings. The second-order valence-electron chi connectivity index (χ2n) is 3.66. The van der Waals surface area contributed by atoms with Gasteiger partial charge in [-0.2, -0.15) is 0 Å². The Morgan fingerprint density at radius 3 is 2.59 bits per heavy atom. The van der Waals surface area contributed by atoms with E-state index in [1.54, 1.807) is 40.8 Å². The number of aromatic nitrogens is 3. The summed E-state index contributed by atoms with van der Waals surface area (Å²) in [7, 11) is 0. The van der Waals surface area contributed by atoms with Crippen LogP contribution in [0.15, 0.2) is 42.6 Å². The van der Waals surface area contributed by atoms with Crippen LogP contribution in [-0.2, 0) is 0 Å². The van der Waals surface area contributed by atoms with Crippen LogP contribution >= 0.6 is 0 Å². The molecule has 5 heteroatoms. The summed E-state index contributed by atoms with van der Waals surface area (Å²) in [6, 6.07) is 10.1. The van der Waals surface area contributed by atoms with Crippen molar-refractivity contribution in [3.63, 3.8) is 0 Å². The SMILES string of the molecule is Oc1ccc2nnc(-c3ccccc3O)n2c1. The standard InChI is InChI=1S/C12H9N3O2/c16-8-5-6-11-13-14-12(15(11)7-8)9-3-1-2-4-10(9)17/h1-7,16-17H. The van der Waals surface area contributed by atoms with Gasteiger partial charge in [0.05, 0.1) is 11.8 Å². The lowest BCUT2D eigenvalue weighted by Gasteiger charge is -2.02. The average Bonchev–Trinajstić information content (AvgIpc) is 2.72. The molecule has 0 saturated carbocycles. The van der Waals surface area contributed by atoms with Crippen LogP contribution in [-0.4, -0.2) is 24.8 Å². The monoisotopic (exact) mass is 227 g/mol. The fourth-order valence-electron chi connectivity index (χ4n) is 1.73. The summed E-state index contributed by atoms with van der Waals surface area (Å²) < 4.78 is 1.63. The van der Waals surface area contributed by atoms with Gasteiger partial charge in [-0.3, -0.25) is 4.40 Å².